The van der Waals surface area contributed by atoms with Crippen molar-refractivity contribution in [3.8, 4) is 0 Å². The summed E-state index contributed by atoms with van der Waals surface area (Å²) in [6.07, 6.45) is 6.08. The van der Waals surface area contributed by atoms with E-state index >= 15 is 0 Å². The highest BCUT2D eigenvalue weighted by Crippen LogP contribution is 2.43. The molecule has 0 amide bonds. The van der Waals surface area contributed by atoms with Crippen molar-refractivity contribution < 1.29 is 4.79 Å². The number of carbonyl (C=O) groups is 1. The zero-order valence-corrected chi connectivity index (χ0v) is 10.1. The molecule has 1 nitrogen and oxygen atoms in total. The first-order valence-corrected chi connectivity index (χ1v) is 6.57. The van der Waals surface area contributed by atoms with Crippen molar-refractivity contribution in [2.24, 2.45) is 5.92 Å². The monoisotopic (exact) mass is 234 g/mol. The van der Waals surface area contributed by atoms with Crippen LogP contribution in [0.25, 0.3) is 10.8 Å². The zero-order chi connectivity index (χ0) is 12.1. The number of hydrogen-bond donors (Lipinski definition) is 0. The molecule has 2 aliphatic rings. The lowest BCUT2D eigenvalue weighted by Crippen LogP contribution is -2.21. The van der Waals surface area contributed by atoms with Gasteiger partial charge in [-0.15, -0.1) is 0 Å². The highest BCUT2D eigenvalue weighted by Gasteiger charge is 2.36. The summed E-state index contributed by atoms with van der Waals surface area (Å²) in [5, 5.41) is 2.61. The van der Waals surface area contributed by atoms with Crippen LogP contribution in [0.4, 0.5) is 0 Å². The van der Waals surface area contributed by atoms with Crippen LogP contribution in [0.3, 0.4) is 0 Å². The van der Waals surface area contributed by atoms with Gasteiger partial charge in [-0.05, 0) is 46.7 Å². The Hall–Kier alpha value is -1.89. The summed E-state index contributed by atoms with van der Waals surface area (Å²) in [5.74, 6) is 0.820. The van der Waals surface area contributed by atoms with Gasteiger partial charge in [0.05, 0.1) is 5.92 Å². The maximum atomic E-state index is 12.0. The number of carbonyl (C=O) groups excluding carboxylic acids is 1. The highest BCUT2D eigenvalue weighted by atomic mass is 16.1. The van der Waals surface area contributed by atoms with Crippen LogP contribution >= 0.6 is 0 Å². The predicted molar refractivity (Wildman–Crippen MR) is 72.6 cm³/mol. The summed E-state index contributed by atoms with van der Waals surface area (Å²) in [5.41, 5.74) is 2.66. The first kappa shape index (κ1) is 10.1. The highest BCUT2D eigenvalue weighted by molar-refractivity contribution is 6.00. The summed E-state index contributed by atoms with van der Waals surface area (Å²) < 4.78 is 0. The quantitative estimate of drug-likeness (QED) is 0.680. The van der Waals surface area contributed by atoms with Crippen LogP contribution in [-0.2, 0) is 11.2 Å². The van der Waals surface area contributed by atoms with Crippen LogP contribution in [0, 0.1) is 5.92 Å². The Morgan fingerprint density at radius 3 is 2.89 bits per heavy atom. The van der Waals surface area contributed by atoms with E-state index in [1.807, 2.05) is 0 Å². The first-order valence-electron chi connectivity index (χ1n) is 6.57. The molecule has 18 heavy (non-hydrogen) atoms. The minimum absolute atomic E-state index is 0.0957. The second-order valence-corrected chi connectivity index (χ2v) is 5.30. The Morgan fingerprint density at radius 2 is 1.94 bits per heavy atom. The minimum atomic E-state index is 0.0957. The first-order chi connectivity index (χ1) is 8.84. The third-order valence-electron chi connectivity index (χ3n) is 4.38. The van der Waals surface area contributed by atoms with Crippen molar-refractivity contribution in [3.05, 3.63) is 59.7 Å². The predicted octanol–water partition coefficient (Wildman–Crippen LogP) is 3.62. The number of aryl methyl sites for hydroxylation is 1. The SMILES string of the molecule is O=C1C=C[C@H]2CCc3c(ccc4ccccc34)[C@H]12. The Bertz CT molecular complexity index is 681. The molecular formula is C17H14O. The van der Waals surface area contributed by atoms with E-state index in [4.69, 9.17) is 0 Å². The van der Waals surface area contributed by atoms with E-state index in [-0.39, 0.29) is 11.7 Å². The average molecular weight is 234 g/mol. The van der Waals surface area contributed by atoms with E-state index < -0.39 is 0 Å². The van der Waals surface area contributed by atoms with Crippen molar-refractivity contribution in [1.82, 2.24) is 0 Å². The molecule has 0 N–H and O–H groups in total. The fourth-order valence-electron chi connectivity index (χ4n) is 3.53. The maximum absolute atomic E-state index is 12.0. The molecule has 0 radical (unpaired) electrons. The Kier molecular flexibility index (Phi) is 1.99. The van der Waals surface area contributed by atoms with Crippen molar-refractivity contribution >= 4 is 16.6 Å². The van der Waals surface area contributed by atoms with E-state index in [0.29, 0.717) is 5.92 Å². The molecule has 0 bridgehead atoms. The number of rotatable bonds is 0. The third kappa shape index (κ3) is 1.25. The van der Waals surface area contributed by atoms with E-state index in [1.54, 1.807) is 6.08 Å². The zero-order valence-electron chi connectivity index (χ0n) is 10.1. The van der Waals surface area contributed by atoms with Crippen LogP contribution in [0.5, 0.6) is 0 Å². The van der Waals surface area contributed by atoms with E-state index in [9.17, 15) is 4.79 Å². The maximum Gasteiger partial charge on any atom is 0.163 e. The average Bonchev–Trinajstić information content (AvgIpc) is 2.80. The molecule has 2 aromatic rings. The Labute approximate surface area is 106 Å². The second-order valence-electron chi connectivity index (χ2n) is 5.30. The molecule has 88 valence electrons. The van der Waals surface area contributed by atoms with Crippen molar-refractivity contribution in [2.75, 3.05) is 0 Å². The molecule has 0 saturated heterocycles. The third-order valence-corrected chi connectivity index (χ3v) is 4.38. The summed E-state index contributed by atoms with van der Waals surface area (Å²) >= 11 is 0. The molecule has 1 heteroatoms. The Balaban J connectivity index is 1.99. The van der Waals surface area contributed by atoms with Gasteiger partial charge in [-0.2, -0.15) is 0 Å². The van der Waals surface area contributed by atoms with Gasteiger partial charge >= 0.3 is 0 Å². The molecule has 0 aliphatic heterocycles. The fraction of sp³-hybridized carbons (Fsp3) is 0.235. The van der Waals surface area contributed by atoms with Crippen LogP contribution in [-0.4, -0.2) is 5.78 Å². The van der Waals surface area contributed by atoms with Crippen molar-refractivity contribution in [3.63, 3.8) is 0 Å². The minimum Gasteiger partial charge on any atom is -0.294 e. The Morgan fingerprint density at radius 1 is 1.06 bits per heavy atom. The number of allylic oxidation sites excluding steroid dienone is 2. The van der Waals surface area contributed by atoms with Gasteiger partial charge in [0, 0.05) is 0 Å². The van der Waals surface area contributed by atoms with Crippen LogP contribution in [0.15, 0.2) is 48.6 Å². The number of ketones is 1. The molecule has 0 spiro atoms. The summed E-state index contributed by atoms with van der Waals surface area (Å²) in [6.45, 7) is 0. The van der Waals surface area contributed by atoms with Crippen LogP contribution in [0.1, 0.15) is 23.5 Å². The summed E-state index contributed by atoms with van der Waals surface area (Å²) in [7, 11) is 0. The lowest BCUT2D eigenvalue weighted by atomic mass is 9.75. The van der Waals surface area contributed by atoms with Gasteiger partial charge in [-0.1, -0.05) is 42.5 Å². The van der Waals surface area contributed by atoms with Crippen LogP contribution < -0.4 is 0 Å². The number of benzene rings is 2. The van der Waals surface area contributed by atoms with Gasteiger partial charge in [0.15, 0.2) is 5.78 Å². The normalized spacial score (nSPS) is 25.2. The molecule has 2 atom stereocenters. The molecular weight excluding hydrogens is 220 g/mol. The van der Waals surface area contributed by atoms with Crippen molar-refractivity contribution in [1.29, 1.82) is 0 Å². The molecule has 4 rings (SSSR count). The van der Waals surface area contributed by atoms with Gasteiger partial charge in [0.25, 0.3) is 0 Å². The van der Waals surface area contributed by atoms with E-state index in [2.05, 4.69) is 42.5 Å². The van der Waals surface area contributed by atoms with Crippen LogP contribution in [0.2, 0.25) is 0 Å². The second kappa shape index (κ2) is 3.55. The van der Waals surface area contributed by atoms with E-state index in [0.717, 1.165) is 12.8 Å². The van der Waals surface area contributed by atoms with Gasteiger partial charge in [-0.25, -0.2) is 0 Å². The van der Waals surface area contributed by atoms with Gasteiger partial charge < -0.3 is 0 Å². The van der Waals surface area contributed by atoms with E-state index in [1.165, 1.54) is 21.9 Å². The fourth-order valence-corrected chi connectivity index (χ4v) is 3.53. The molecule has 0 unspecified atom stereocenters. The molecule has 2 aliphatic carbocycles. The van der Waals surface area contributed by atoms with Gasteiger partial charge in [0.1, 0.15) is 0 Å². The van der Waals surface area contributed by atoms with Gasteiger partial charge in [-0.3, -0.25) is 4.79 Å². The largest absolute Gasteiger partial charge is 0.294 e. The number of hydrogen-bond acceptors (Lipinski definition) is 1. The lowest BCUT2D eigenvalue weighted by Gasteiger charge is -2.28. The topological polar surface area (TPSA) is 17.1 Å². The molecule has 0 saturated carbocycles. The molecule has 2 aromatic carbocycles. The molecule has 0 aromatic heterocycles. The molecule has 0 heterocycles. The van der Waals surface area contributed by atoms with Crippen molar-refractivity contribution in [2.45, 2.75) is 18.8 Å². The smallest absolute Gasteiger partial charge is 0.163 e. The summed E-state index contributed by atoms with van der Waals surface area (Å²) in [4.78, 5) is 12.0. The number of fused-ring (bicyclic) bond motifs is 5. The summed E-state index contributed by atoms with van der Waals surface area (Å²) in [6, 6.07) is 12.8. The lowest BCUT2D eigenvalue weighted by molar-refractivity contribution is -0.116. The molecule has 0 fully saturated rings. The standard InChI is InChI=1S/C17H14O/c18-16-10-7-12-6-8-14-13-4-2-1-3-11(13)5-9-15(14)17(12)16/h1-5,7,9-10,12,17H,6,8H2/t12-,17-/m1/s1. The van der Waals surface area contributed by atoms with Gasteiger partial charge in [0.2, 0.25) is 0 Å².